The molecule has 0 atom stereocenters. The topological polar surface area (TPSA) is 39.2 Å². The lowest BCUT2D eigenvalue weighted by molar-refractivity contribution is -0.173. The Morgan fingerprint density at radius 2 is 2.27 bits per heavy atom. The van der Waals surface area contributed by atoms with Crippen molar-refractivity contribution in [2.45, 2.75) is 12.8 Å². The van der Waals surface area contributed by atoms with E-state index < -0.39 is 17.5 Å². The van der Waals surface area contributed by atoms with Crippen LogP contribution in [0.5, 0.6) is 0 Å². The minimum absolute atomic E-state index is 0.0849. The molecule has 1 aromatic heterocycles. The molecule has 0 saturated heterocycles. The number of alkyl halides is 2. The van der Waals surface area contributed by atoms with Crippen molar-refractivity contribution in [3.05, 3.63) is 28.5 Å². The zero-order valence-electron chi connectivity index (χ0n) is 7.84. The summed E-state index contributed by atoms with van der Waals surface area (Å²) in [6.07, 6.45) is 0.932. The SMILES string of the molecule is CCOC(=O)C(F)(F)c1ccc(Br)nc1. The van der Waals surface area contributed by atoms with Gasteiger partial charge in [-0.2, -0.15) is 8.78 Å². The lowest BCUT2D eigenvalue weighted by Crippen LogP contribution is -2.28. The summed E-state index contributed by atoms with van der Waals surface area (Å²) >= 11 is 3.01. The number of carbonyl (C=O) groups is 1. The lowest BCUT2D eigenvalue weighted by atomic mass is 10.1. The van der Waals surface area contributed by atoms with Gasteiger partial charge in [-0.15, -0.1) is 0 Å². The van der Waals surface area contributed by atoms with Crippen molar-refractivity contribution in [2.24, 2.45) is 0 Å². The Balaban J connectivity index is 2.94. The summed E-state index contributed by atoms with van der Waals surface area (Å²) in [6.45, 7) is 1.38. The normalized spacial score (nSPS) is 11.2. The van der Waals surface area contributed by atoms with Crippen LogP contribution in [0.3, 0.4) is 0 Å². The molecule has 0 bridgehead atoms. The molecule has 0 spiro atoms. The first-order valence-corrected chi connectivity index (χ1v) is 4.95. The number of hydrogen-bond donors (Lipinski definition) is 0. The van der Waals surface area contributed by atoms with Crippen LogP contribution in [0, 0.1) is 0 Å². The molecule has 3 nitrogen and oxygen atoms in total. The van der Waals surface area contributed by atoms with Gasteiger partial charge in [0.1, 0.15) is 4.60 Å². The Morgan fingerprint density at radius 1 is 1.60 bits per heavy atom. The smallest absolute Gasteiger partial charge is 0.382 e. The van der Waals surface area contributed by atoms with Crippen LogP contribution in [0.4, 0.5) is 8.78 Å². The van der Waals surface area contributed by atoms with Gasteiger partial charge in [0.25, 0.3) is 0 Å². The van der Waals surface area contributed by atoms with Gasteiger partial charge in [-0.05, 0) is 35.0 Å². The molecule has 0 unspecified atom stereocenters. The Morgan fingerprint density at radius 3 is 2.73 bits per heavy atom. The van der Waals surface area contributed by atoms with Crippen molar-refractivity contribution in [1.29, 1.82) is 0 Å². The van der Waals surface area contributed by atoms with Crippen molar-refractivity contribution in [2.75, 3.05) is 6.61 Å². The fourth-order valence-corrected chi connectivity index (χ4v) is 1.14. The maximum absolute atomic E-state index is 13.3. The van der Waals surface area contributed by atoms with Gasteiger partial charge >= 0.3 is 11.9 Å². The van der Waals surface area contributed by atoms with Crippen molar-refractivity contribution in [3.8, 4) is 0 Å². The van der Waals surface area contributed by atoms with Gasteiger partial charge in [0.2, 0.25) is 0 Å². The van der Waals surface area contributed by atoms with Crippen molar-refractivity contribution >= 4 is 21.9 Å². The monoisotopic (exact) mass is 279 g/mol. The van der Waals surface area contributed by atoms with Crippen molar-refractivity contribution in [3.63, 3.8) is 0 Å². The molecule has 0 aliphatic carbocycles. The second-order valence-corrected chi connectivity index (χ2v) is 3.48. The highest BCUT2D eigenvalue weighted by atomic mass is 79.9. The average Bonchev–Trinajstić information content (AvgIpc) is 2.18. The molecular formula is C9H8BrF2NO2. The van der Waals surface area contributed by atoms with Gasteiger partial charge in [0.05, 0.1) is 12.2 Å². The number of carbonyl (C=O) groups excluding carboxylic acids is 1. The third kappa shape index (κ3) is 2.71. The first-order chi connectivity index (χ1) is 6.98. The molecular weight excluding hydrogens is 272 g/mol. The summed E-state index contributed by atoms with van der Waals surface area (Å²) in [5.74, 6) is -5.21. The second kappa shape index (κ2) is 4.65. The molecule has 0 aliphatic heterocycles. The highest BCUT2D eigenvalue weighted by molar-refractivity contribution is 9.10. The maximum Gasteiger partial charge on any atom is 0.382 e. The van der Waals surface area contributed by atoms with Crippen LogP contribution in [-0.4, -0.2) is 17.6 Å². The molecule has 0 amide bonds. The summed E-state index contributed by atoms with van der Waals surface area (Å²) in [7, 11) is 0. The van der Waals surface area contributed by atoms with Gasteiger partial charge in [0, 0.05) is 6.20 Å². The number of hydrogen-bond acceptors (Lipinski definition) is 3. The van der Waals surface area contributed by atoms with Crippen LogP contribution >= 0.6 is 15.9 Å². The molecule has 0 N–H and O–H groups in total. The summed E-state index contributed by atoms with van der Waals surface area (Å²) in [4.78, 5) is 14.6. The predicted molar refractivity (Wildman–Crippen MR) is 52.5 cm³/mol. The van der Waals surface area contributed by atoms with E-state index in [1.54, 1.807) is 0 Å². The van der Waals surface area contributed by atoms with Gasteiger partial charge in [-0.25, -0.2) is 9.78 Å². The van der Waals surface area contributed by atoms with Crippen LogP contribution in [0.15, 0.2) is 22.9 Å². The Bertz CT molecular complexity index is 354. The van der Waals surface area contributed by atoms with Crippen LogP contribution in [0.25, 0.3) is 0 Å². The molecule has 0 fully saturated rings. The van der Waals surface area contributed by atoms with Crippen LogP contribution in [0.1, 0.15) is 12.5 Å². The van der Waals surface area contributed by atoms with Gasteiger partial charge in [0.15, 0.2) is 0 Å². The average molecular weight is 280 g/mol. The van der Waals surface area contributed by atoms with E-state index in [-0.39, 0.29) is 6.61 Å². The zero-order valence-corrected chi connectivity index (χ0v) is 9.42. The highest BCUT2D eigenvalue weighted by Crippen LogP contribution is 2.29. The Labute approximate surface area is 93.6 Å². The maximum atomic E-state index is 13.3. The Hall–Kier alpha value is -1.04. The fraction of sp³-hybridized carbons (Fsp3) is 0.333. The van der Waals surface area contributed by atoms with E-state index in [2.05, 4.69) is 25.7 Å². The quantitative estimate of drug-likeness (QED) is 0.630. The van der Waals surface area contributed by atoms with E-state index in [9.17, 15) is 13.6 Å². The van der Waals surface area contributed by atoms with Crippen LogP contribution in [0.2, 0.25) is 0 Å². The van der Waals surface area contributed by atoms with E-state index in [1.165, 1.54) is 13.0 Å². The lowest BCUT2D eigenvalue weighted by Gasteiger charge is -2.14. The number of rotatable bonds is 3. The van der Waals surface area contributed by atoms with E-state index in [0.29, 0.717) is 4.60 Å². The summed E-state index contributed by atoms with van der Waals surface area (Å²) in [5, 5.41) is 0. The highest BCUT2D eigenvalue weighted by Gasteiger charge is 2.42. The molecule has 0 aliphatic rings. The largest absolute Gasteiger partial charge is 0.461 e. The minimum atomic E-state index is -3.65. The summed E-state index contributed by atoms with van der Waals surface area (Å²) in [5.41, 5.74) is -0.482. The molecule has 1 rings (SSSR count). The molecule has 1 aromatic rings. The molecule has 0 aromatic carbocycles. The number of halogens is 3. The zero-order chi connectivity index (χ0) is 11.5. The summed E-state index contributed by atoms with van der Waals surface area (Å²) < 4.78 is 31.4. The third-order valence-electron chi connectivity index (χ3n) is 1.62. The molecule has 0 saturated carbocycles. The van der Waals surface area contributed by atoms with Crippen LogP contribution < -0.4 is 0 Å². The van der Waals surface area contributed by atoms with E-state index >= 15 is 0 Å². The molecule has 6 heteroatoms. The standard InChI is InChI=1S/C9H8BrF2NO2/c1-2-15-8(14)9(11,12)6-3-4-7(10)13-5-6/h3-5H,2H2,1H3. The molecule has 15 heavy (non-hydrogen) atoms. The number of nitrogens with zero attached hydrogens (tertiary/aromatic N) is 1. The van der Waals surface area contributed by atoms with E-state index in [0.717, 1.165) is 12.3 Å². The molecule has 1 heterocycles. The minimum Gasteiger partial charge on any atom is -0.461 e. The van der Waals surface area contributed by atoms with E-state index in [1.807, 2.05) is 0 Å². The molecule has 82 valence electrons. The number of aromatic nitrogens is 1. The first-order valence-electron chi connectivity index (χ1n) is 4.15. The second-order valence-electron chi connectivity index (χ2n) is 2.66. The number of esters is 1. The van der Waals surface area contributed by atoms with Gasteiger partial charge in [-0.1, -0.05) is 0 Å². The predicted octanol–water partition coefficient (Wildman–Crippen LogP) is 2.50. The number of ether oxygens (including phenoxy) is 1. The first kappa shape index (κ1) is 12.0. The Kier molecular flexibility index (Phi) is 3.73. The van der Waals surface area contributed by atoms with Crippen LogP contribution in [-0.2, 0) is 15.5 Å². The van der Waals surface area contributed by atoms with Crippen molar-refractivity contribution < 1.29 is 18.3 Å². The fourth-order valence-electron chi connectivity index (χ4n) is 0.901. The van der Waals surface area contributed by atoms with E-state index in [4.69, 9.17) is 0 Å². The summed E-state index contributed by atoms with van der Waals surface area (Å²) in [6, 6.07) is 2.45. The number of pyridine rings is 1. The van der Waals surface area contributed by atoms with Gasteiger partial charge < -0.3 is 4.74 Å². The van der Waals surface area contributed by atoms with Crippen molar-refractivity contribution in [1.82, 2.24) is 4.98 Å². The van der Waals surface area contributed by atoms with Gasteiger partial charge in [-0.3, -0.25) is 0 Å². The third-order valence-corrected chi connectivity index (χ3v) is 2.09. The molecule has 0 radical (unpaired) electrons.